The van der Waals surface area contributed by atoms with Crippen molar-refractivity contribution in [3.63, 3.8) is 0 Å². The fourth-order valence-corrected chi connectivity index (χ4v) is 1.38. The van der Waals surface area contributed by atoms with Gasteiger partial charge in [-0.25, -0.2) is 0 Å². The van der Waals surface area contributed by atoms with Crippen molar-refractivity contribution < 1.29 is 4.74 Å². The zero-order valence-electron chi connectivity index (χ0n) is 7.37. The van der Waals surface area contributed by atoms with Gasteiger partial charge in [0, 0.05) is 0 Å². The van der Waals surface area contributed by atoms with E-state index in [0.717, 1.165) is 23.5 Å². The van der Waals surface area contributed by atoms with E-state index in [1.165, 1.54) is 0 Å². The highest BCUT2D eigenvalue weighted by molar-refractivity contribution is 5.45. The first-order chi connectivity index (χ1) is 6.29. The summed E-state index contributed by atoms with van der Waals surface area (Å²) in [6, 6.07) is 7.61. The molecule has 0 spiro atoms. The number of ether oxygens (including phenoxy) is 1. The summed E-state index contributed by atoms with van der Waals surface area (Å²) in [6.45, 7) is 1.93. The molecular formula is C11H9NO. The zero-order chi connectivity index (χ0) is 9.26. The molecule has 0 bridgehead atoms. The lowest BCUT2D eigenvalue weighted by molar-refractivity contribution is 0.412. The molecule has 1 heterocycles. The van der Waals surface area contributed by atoms with Crippen LogP contribution in [0, 0.1) is 11.3 Å². The summed E-state index contributed by atoms with van der Waals surface area (Å²) in [5, 5.41) is 8.68. The Labute approximate surface area is 77.1 Å². The van der Waals surface area contributed by atoms with Crippen LogP contribution in [0.2, 0.25) is 0 Å². The molecule has 1 aliphatic rings. The molecule has 1 aromatic rings. The smallest absolute Gasteiger partial charge is 0.130 e. The van der Waals surface area contributed by atoms with E-state index in [1.54, 1.807) is 6.07 Å². The molecule has 0 aromatic heterocycles. The third kappa shape index (κ3) is 1.41. The van der Waals surface area contributed by atoms with Gasteiger partial charge in [0.1, 0.15) is 5.75 Å². The molecule has 0 N–H and O–H groups in total. The van der Waals surface area contributed by atoms with Gasteiger partial charge in [-0.2, -0.15) is 5.26 Å². The fraction of sp³-hybridized carbons (Fsp3) is 0.182. The maximum Gasteiger partial charge on any atom is 0.130 e. The number of hydrogen-bond acceptors (Lipinski definition) is 2. The molecule has 1 aliphatic heterocycles. The lowest BCUT2D eigenvalue weighted by atomic mass is 10.1. The van der Waals surface area contributed by atoms with Gasteiger partial charge in [-0.3, -0.25) is 0 Å². The summed E-state index contributed by atoms with van der Waals surface area (Å²) in [5.41, 5.74) is 1.78. The molecule has 1 aromatic carbocycles. The van der Waals surface area contributed by atoms with Gasteiger partial charge in [-0.05, 0) is 43.2 Å². The van der Waals surface area contributed by atoms with Crippen LogP contribution in [-0.2, 0) is 6.42 Å². The van der Waals surface area contributed by atoms with Crippen LogP contribution in [0.1, 0.15) is 18.1 Å². The Morgan fingerprint density at radius 3 is 3.08 bits per heavy atom. The predicted molar refractivity (Wildman–Crippen MR) is 49.2 cm³/mol. The molecule has 0 aliphatic carbocycles. The Balaban J connectivity index is 2.43. The van der Waals surface area contributed by atoms with E-state index < -0.39 is 0 Å². The van der Waals surface area contributed by atoms with Crippen molar-refractivity contribution in [1.29, 1.82) is 5.26 Å². The first-order valence-corrected chi connectivity index (χ1v) is 4.17. The van der Waals surface area contributed by atoms with E-state index in [0.29, 0.717) is 5.56 Å². The Morgan fingerprint density at radius 1 is 1.46 bits per heavy atom. The predicted octanol–water partition coefficient (Wildman–Crippen LogP) is 2.40. The van der Waals surface area contributed by atoms with E-state index in [2.05, 4.69) is 6.07 Å². The van der Waals surface area contributed by atoms with Gasteiger partial charge in [0.25, 0.3) is 0 Å². The molecule has 13 heavy (non-hydrogen) atoms. The van der Waals surface area contributed by atoms with Crippen molar-refractivity contribution in [1.82, 2.24) is 0 Å². The maximum atomic E-state index is 8.68. The topological polar surface area (TPSA) is 33.0 Å². The molecule has 0 saturated heterocycles. The highest BCUT2D eigenvalue weighted by atomic mass is 16.5. The third-order valence-corrected chi connectivity index (χ3v) is 2.07. The number of nitrogens with zero attached hydrogens (tertiary/aromatic N) is 1. The van der Waals surface area contributed by atoms with Crippen LogP contribution < -0.4 is 4.74 Å². The first-order valence-electron chi connectivity index (χ1n) is 4.17. The quantitative estimate of drug-likeness (QED) is 0.600. The van der Waals surface area contributed by atoms with Crippen molar-refractivity contribution in [3.05, 3.63) is 41.2 Å². The molecule has 2 nitrogen and oxygen atoms in total. The molecule has 0 amide bonds. The normalized spacial score (nSPS) is 13.7. The van der Waals surface area contributed by atoms with Gasteiger partial charge in [0.2, 0.25) is 0 Å². The van der Waals surface area contributed by atoms with E-state index >= 15 is 0 Å². The molecule has 2 rings (SSSR count). The minimum absolute atomic E-state index is 0.690. The van der Waals surface area contributed by atoms with Crippen molar-refractivity contribution in [2.45, 2.75) is 13.3 Å². The van der Waals surface area contributed by atoms with Gasteiger partial charge in [-0.1, -0.05) is 0 Å². The Bertz CT molecular complexity index is 413. The monoisotopic (exact) mass is 171 g/mol. The van der Waals surface area contributed by atoms with Crippen LogP contribution in [0.4, 0.5) is 0 Å². The summed E-state index contributed by atoms with van der Waals surface area (Å²) < 4.78 is 5.48. The summed E-state index contributed by atoms with van der Waals surface area (Å²) in [5.74, 6) is 1.80. The second-order valence-corrected chi connectivity index (χ2v) is 3.06. The first kappa shape index (κ1) is 7.88. The molecule has 64 valence electrons. The average molecular weight is 171 g/mol. The second-order valence-electron chi connectivity index (χ2n) is 3.06. The highest BCUT2D eigenvalue weighted by Crippen LogP contribution is 2.26. The van der Waals surface area contributed by atoms with Crippen LogP contribution in [0.3, 0.4) is 0 Å². The SMILES string of the molecule is CC1=CCc2cc(C#N)ccc2O1. The van der Waals surface area contributed by atoms with E-state index in [-0.39, 0.29) is 0 Å². The molecular weight excluding hydrogens is 162 g/mol. The van der Waals surface area contributed by atoms with E-state index in [9.17, 15) is 0 Å². The number of allylic oxidation sites excluding steroid dienone is 2. The van der Waals surface area contributed by atoms with Gasteiger partial charge in [0.05, 0.1) is 17.4 Å². The number of rotatable bonds is 0. The van der Waals surface area contributed by atoms with Gasteiger partial charge < -0.3 is 4.74 Å². The number of hydrogen-bond donors (Lipinski definition) is 0. The second kappa shape index (κ2) is 2.95. The molecule has 0 unspecified atom stereocenters. The summed E-state index contributed by atoms with van der Waals surface area (Å²) >= 11 is 0. The highest BCUT2D eigenvalue weighted by Gasteiger charge is 2.09. The Hall–Kier alpha value is -1.75. The summed E-state index contributed by atoms with van der Waals surface area (Å²) in [4.78, 5) is 0. The fourth-order valence-electron chi connectivity index (χ4n) is 1.38. The average Bonchev–Trinajstić information content (AvgIpc) is 2.17. The van der Waals surface area contributed by atoms with Gasteiger partial charge in [0.15, 0.2) is 0 Å². The van der Waals surface area contributed by atoms with E-state index in [1.807, 2.05) is 25.1 Å². The third-order valence-electron chi connectivity index (χ3n) is 2.07. The van der Waals surface area contributed by atoms with Crippen molar-refractivity contribution in [3.8, 4) is 11.8 Å². The number of fused-ring (bicyclic) bond motifs is 1. The zero-order valence-corrected chi connectivity index (χ0v) is 7.37. The summed E-state index contributed by atoms with van der Waals surface area (Å²) in [6.07, 6.45) is 2.88. The molecule has 0 saturated carbocycles. The summed E-state index contributed by atoms with van der Waals surface area (Å²) in [7, 11) is 0. The van der Waals surface area contributed by atoms with Crippen LogP contribution in [0.5, 0.6) is 5.75 Å². The lowest BCUT2D eigenvalue weighted by Gasteiger charge is -2.15. The standard InChI is InChI=1S/C11H9NO/c1-8-2-4-10-6-9(7-12)3-5-11(10)13-8/h2-3,5-6H,4H2,1H3. The molecule has 2 heteroatoms. The Morgan fingerprint density at radius 2 is 2.31 bits per heavy atom. The largest absolute Gasteiger partial charge is 0.462 e. The maximum absolute atomic E-state index is 8.68. The number of benzene rings is 1. The van der Waals surface area contributed by atoms with Crippen LogP contribution >= 0.6 is 0 Å². The van der Waals surface area contributed by atoms with Gasteiger partial charge in [-0.15, -0.1) is 0 Å². The molecule has 0 fully saturated rings. The minimum Gasteiger partial charge on any atom is -0.462 e. The van der Waals surface area contributed by atoms with Crippen molar-refractivity contribution in [2.75, 3.05) is 0 Å². The molecule has 0 atom stereocenters. The van der Waals surface area contributed by atoms with Crippen LogP contribution in [0.25, 0.3) is 0 Å². The van der Waals surface area contributed by atoms with Crippen molar-refractivity contribution in [2.24, 2.45) is 0 Å². The van der Waals surface area contributed by atoms with Crippen molar-refractivity contribution >= 4 is 0 Å². The molecule has 0 radical (unpaired) electrons. The van der Waals surface area contributed by atoms with E-state index in [4.69, 9.17) is 10.00 Å². The Kier molecular flexibility index (Phi) is 1.79. The lowest BCUT2D eigenvalue weighted by Crippen LogP contribution is -2.01. The van der Waals surface area contributed by atoms with Crippen LogP contribution in [0.15, 0.2) is 30.0 Å². The van der Waals surface area contributed by atoms with Gasteiger partial charge >= 0.3 is 0 Å². The number of nitriles is 1. The minimum atomic E-state index is 0.690. The van der Waals surface area contributed by atoms with Crippen LogP contribution in [-0.4, -0.2) is 0 Å².